The van der Waals surface area contributed by atoms with E-state index < -0.39 is 5.60 Å². The van der Waals surface area contributed by atoms with Gasteiger partial charge in [0.2, 0.25) is 5.88 Å². The van der Waals surface area contributed by atoms with Crippen LogP contribution in [-0.4, -0.2) is 28.3 Å². The molecule has 2 N–H and O–H groups in total. The molecule has 0 fully saturated rings. The average Bonchev–Trinajstić information content (AvgIpc) is 3.27. The Labute approximate surface area is 246 Å². The second-order valence-electron chi connectivity index (χ2n) is 11.3. The van der Waals surface area contributed by atoms with Gasteiger partial charge in [-0.1, -0.05) is 62.5 Å². The molecule has 222 valence electrons. The summed E-state index contributed by atoms with van der Waals surface area (Å²) in [4.78, 5) is 26.1. The third-order valence-corrected chi connectivity index (χ3v) is 9.05. The Morgan fingerprint density at radius 3 is 2.41 bits per heavy atom. The van der Waals surface area contributed by atoms with Crippen LogP contribution < -0.4 is 19.1 Å². The number of carbonyl (C=O) groups excluding carboxylic acids is 1. The molecule has 0 amide bonds. The number of benzene rings is 2. The van der Waals surface area contributed by atoms with E-state index in [0.29, 0.717) is 23.7 Å². The summed E-state index contributed by atoms with van der Waals surface area (Å²) in [7, 11) is 0. The van der Waals surface area contributed by atoms with Gasteiger partial charge in [0.25, 0.3) is 0 Å². The molecule has 2 aromatic carbocycles. The van der Waals surface area contributed by atoms with Crippen LogP contribution in [0.5, 0.6) is 23.1 Å². The zero-order valence-electron chi connectivity index (χ0n) is 25.0. The number of hydrogen-bond acceptors (Lipinski definition) is 7. The van der Waals surface area contributed by atoms with Crippen molar-refractivity contribution in [2.24, 2.45) is 0 Å². The molecule has 0 saturated heterocycles. The number of thiazole rings is 1. The van der Waals surface area contributed by atoms with Crippen molar-refractivity contribution in [1.29, 1.82) is 0 Å². The van der Waals surface area contributed by atoms with Gasteiger partial charge in [0.1, 0.15) is 29.5 Å². The molecule has 41 heavy (non-hydrogen) atoms. The van der Waals surface area contributed by atoms with Crippen molar-refractivity contribution in [3.63, 3.8) is 0 Å². The molecule has 0 radical (unpaired) electrons. The SMILES string of the molecule is CCCCCCCCC1(COc2ccc(Cc3sc(=O)[nH]c3O)cc2)CCc2c(C)c(OC(C)=O)c(C)c(C)c2O1. The Kier molecular flexibility index (Phi) is 10.2. The summed E-state index contributed by atoms with van der Waals surface area (Å²) in [6, 6.07) is 7.79. The van der Waals surface area contributed by atoms with Crippen LogP contribution in [0.2, 0.25) is 0 Å². The van der Waals surface area contributed by atoms with Crippen molar-refractivity contribution < 1.29 is 24.1 Å². The van der Waals surface area contributed by atoms with Crippen molar-refractivity contribution in [2.45, 2.75) is 104 Å². The van der Waals surface area contributed by atoms with Crippen molar-refractivity contribution >= 4 is 17.3 Å². The van der Waals surface area contributed by atoms with Crippen LogP contribution in [0.1, 0.15) is 97.9 Å². The van der Waals surface area contributed by atoms with Crippen molar-refractivity contribution in [3.05, 3.63) is 66.6 Å². The molecule has 0 spiro atoms. The highest BCUT2D eigenvalue weighted by molar-refractivity contribution is 7.09. The molecule has 8 heteroatoms. The number of fused-ring (bicyclic) bond motifs is 1. The third-order valence-electron chi connectivity index (χ3n) is 8.18. The summed E-state index contributed by atoms with van der Waals surface area (Å²) in [5.41, 5.74) is 4.56. The second kappa shape index (κ2) is 13.6. The molecular formula is C33H43NO6S. The normalized spacial score (nSPS) is 16.2. The molecule has 0 saturated carbocycles. The Bertz CT molecular complexity index is 1410. The minimum Gasteiger partial charge on any atom is -0.494 e. The number of H-pyrrole nitrogens is 1. The molecule has 1 atom stereocenters. The molecule has 0 aliphatic carbocycles. The van der Waals surface area contributed by atoms with Crippen LogP contribution in [0.4, 0.5) is 0 Å². The van der Waals surface area contributed by atoms with Crippen LogP contribution in [0.25, 0.3) is 0 Å². The minimum atomic E-state index is -0.452. The van der Waals surface area contributed by atoms with E-state index in [2.05, 4.69) is 11.9 Å². The molecule has 0 bridgehead atoms. The van der Waals surface area contributed by atoms with E-state index in [1.165, 1.54) is 39.0 Å². The van der Waals surface area contributed by atoms with Gasteiger partial charge in [-0.2, -0.15) is 0 Å². The van der Waals surface area contributed by atoms with Gasteiger partial charge in [-0.15, -0.1) is 0 Å². The van der Waals surface area contributed by atoms with Gasteiger partial charge in [-0.05, 0) is 80.8 Å². The number of nitrogens with one attached hydrogen (secondary N) is 1. The molecule has 3 aromatic rings. The first kappa shape index (κ1) is 30.7. The average molecular weight is 582 g/mol. The van der Waals surface area contributed by atoms with Crippen molar-refractivity contribution in [3.8, 4) is 23.1 Å². The van der Waals surface area contributed by atoms with E-state index in [1.807, 2.05) is 45.0 Å². The van der Waals surface area contributed by atoms with Crippen LogP contribution in [0.3, 0.4) is 0 Å². The fourth-order valence-electron chi connectivity index (χ4n) is 5.66. The number of aromatic amines is 1. The lowest BCUT2D eigenvalue weighted by molar-refractivity contribution is -0.132. The number of aromatic nitrogens is 1. The lowest BCUT2D eigenvalue weighted by Gasteiger charge is -2.40. The standard InChI is InChI=1S/C33H43NO6S/c1-6-7-8-9-10-11-17-33(18-16-27-23(4)29(39-24(5)35)21(2)22(3)30(27)40-33)20-38-26-14-12-25(13-15-26)19-28-31(36)34-32(37)41-28/h12-15,36H,6-11,16-20H2,1-5H3,(H,34,37). The number of rotatable bonds is 13. The first-order valence-corrected chi connectivity index (χ1v) is 15.6. The summed E-state index contributed by atoms with van der Waals surface area (Å²) in [5, 5.41) is 9.91. The predicted molar refractivity (Wildman–Crippen MR) is 163 cm³/mol. The summed E-state index contributed by atoms with van der Waals surface area (Å²) < 4.78 is 18.9. The van der Waals surface area contributed by atoms with E-state index in [9.17, 15) is 14.7 Å². The highest BCUT2D eigenvalue weighted by atomic mass is 32.1. The van der Waals surface area contributed by atoms with Gasteiger partial charge in [-0.25, -0.2) is 0 Å². The Hall–Kier alpha value is -3.26. The van der Waals surface area contributed by atoms with Gasteiger partial charge in [0.15, 0.2) is 0 Å². The fraction of sp³-hybridized carbons (Fsp3) is 0.515. The smallest absolute Gasteiger partial charge is 0.308 e. The first-order chi connectivity index (χ1) is 19.6. The number of unbranched alkanes of at least 4 members (excludes halogenated alkanes) is 5. The van der Waals surface area contributed by atoms with E-state index >= 15 is 0 Å². The number of carbonyl (C=O) groups is 1. The summed E-state index contributed by atoms with van der Waals surface area (Å²) >= 11 is 1.02. The molecule has 4 rings (SSSR count). The Morgan fingerprint density at radius 2 is 1.76 bits per heavy atom. The molecule has 2 heterocycles. The zero-order chi connectivity index (χ0) is 29.6. The summed E-state index contributed by atoms with van der Waals surface area (Å²) in [6.07, 6.45) is 10.3. The van der Waals surface area contributed by atoms with E-state index in [0.717, 1.165) is 76.3 Å². The van der Waals surface area contributed by atoms with E-state index in [1.54, 1.807) is 0 Å². The second-order valence-corrected chi connectivity index (χ2v) is 12.4. The van der Waals surface area contributed by atoms with Gasteiger partial charge < -0.3 is 19.3 Å². The van der Waals surface area contributed by atoms with Gasteiger partial charge in [-0.3, -0.25) is 14.6 Å². The summed E-state index contributed by atoms with van der Waals surface area (Å²) in [6.45, 7) is 10.1. The number of aromatic hydroxyl groups is 1. The zero-order valence-corrected chi connectivity index (χ0v) is 25.8. The van der Waals surface area contributed by atoms with E-state index in [4.69, 9.17) is 14.2 Å². The van der Waals surface area contributed by atoms with Crippen LogP contribution in [-0.2, 0) is 17.6 Å². The number of ether oxygens (including phenoxy) is 3. The van der Waals surface area contributed by atoms with Crippen molar-refractivity contribution in [2.75, 3.05) is 6.61 Å². The lowest BCUT2D eigenvalue weighted by atomic mass is 9.83. The summed E-state index contributed by atoms with van der Waals surface area (Å²) in [5.74, 6) is 1.93. The molecule has 1 aliphatic heterocycles. The third kappa shape index (κ3) is 7.53. The lowest BCUT2D eigenvalue weighted by Crippen LogP contribution is -2.45. The maximum atomic E-state index is 11.8. The van der Waals surface area contributed by atoms with Crippen molar-refractivity contribution in [1.82, 2.24) is 4.98 Å². The quantitative estimate of drug-likeness (QED) is 0.123. The van der Waals surface area contributed by atoms with Crippen LogP contribution >= 0.6 is 11.3 Å². The Morgan fingerprint density at radius 1 is 1.05 bits per heavy atom. The molecule has 7 nitrogen and oxygen atoms in total. The number of esters is 1. The topological polar surface area (TPSA) is 97.9 Å². The fourth-order valence-corrected chi connectivity index (χ4v) is 6.42. The van der Waals surface area contributed by atoms with Gasteiger partial charge >= 0.3 is 10.8 Å². The molecule has 1 aromatic heterocycles. The number of hydrogen-bond donors (Lipinski definition) is 2. The molecular weight excluding hydrogens is 538 g/mol. The maximum absolute atomic E-state index is 11.8. The predicted octanol–water partition coefficient (Wildman–Crippen LogP) is 7.48. The van der Waals surface area contributed by atoms with Gasteiger partial charge in [0.05, 0.1) is 4.88 Å². The van der Waals surface area contributed by atoms with E-state index in [-0.39, 0.29) is 16.7 Å². The highest BCUT2D eigenvalue weighted by Gasteiger charge is 2.39. The van der Waals surface area contributed by atoms with Crippen LogP contribution in [0, 0.1) is 20.8 Å². The minimum absolute atomic E-state index is 0.0626. The molecule has 1 unspecified atom stereocenters. The highest BCUT2D eigenvalue weighted by Crippen LogP contribution is 2.45. The monoisotopic (exact) mass is 581 g/mol. The maximum Gasteiger partial charge on any atom is 0.308 e. The largest absolute Gasteiger partial charge is 0.494 e. The van der Waals surface area contributed by atoms with Gasteiger partial charge in [0, 0.05) is 18.9 Å². The molecule has 1 aliphatic rings. The Balaban J connectivity index is 1.51. The first-order valence-electron chi connectivity index (χ1n) is 14.7. The van der Waals surface area contributed by atoms with Crippen LogP contribution in [0.15, 0.2) is 29.1 Å².